The van der Waals surface area contributed by atoms with Crippen LogP contribution in [0.15, 0.2) is 82.6 Å². The zero-order valence-electron chi connectivity index (χ0n) is 17.9. The van der Waals surface area contributed by atoms with E-state index in [1.165, 1.54) is 0 Å². The van der Waals surface area contributed by atoms with Crippen LogP contribution in [0, 0.1) is 0 Å². The summed E-state index contributed by atoms with van der Waals surface area (Å²) in [6, 6.07) is 6.97. The Kier molecular flexibility index (Phi) is 8.42. The first kappa shape index (κ1) is 24.6. The minimum Gasteiger partial charge on any atom is -0.459 e. The molecule has 2 aromatic rings. The second kappa shape index (κ2) is 10.6. The Morgan fingerprint density at radius 2 is 0.774 bits per heavy atom. The van der Waals surface area contributed by atoms with Crippen molar-refractivity contribution in [2.75, 3.05) is 0 Å². The number of rotatable bonds is 10. The SMILES string of the molecule is C=C(C)Oc1cc(Br)cc(OC(=C)C)c1Oc1c(OC(=C)C)cc(Br)cc1OC(=C)C. The molecule has 5 nitrogen and oxygen atoms in total. The molecule has 0 aliphatic rings. The third-order valence-corrected chi connectivity index (χ3v) is 4.23. The smallest absolute Gasteiger partial charge is 0.212 e. The van der Waals surface area contributed by atoms with Crippen LogP contribution in [0.2, 0.25) is 0 Å². The highest BCUT2D eigenvalue weighted by atomic mass is 79.9. The summed E-state index contributed by atoms with van der Waals surface area (Å²) in [6.07, 6.45) is 0. The lowest BCUT2D eigenvalue weighted by Gasteiger charge is -2.21. The minimum atomic E-state index is 0.287. The third-order valence-electron chi connectivity index (χ3n) is 3.31. The van der Waals surface area contributed by atoms with Crippen molar-refractivity contribution in [1.29, 1.82) is 0 Å². The largest absolute Gasteiger partial charge is 0.459 e. The lowest BCUT2D eigenvalue weighted by molar-refractivity contribution is 0.327. The van der Waals surface area contributed by atoms with Gasteiger partial charge in [-0.2, -0.15) is 0 Å². The van der Waals surface area contributed by atoms with Gasteiger partial charge in [0.25, 0.3) is 0 Å². The molecule has 0 atom stereocenters. The molecule has 0 aromatic heterocycles. The molecule has 7 heteroatoms. The molecular weight excluding hydrogens is 528 g/mol. The molecule has 0 spiro atoms. The molecule has 2 rings (SSSR count). The molecule has 31 heavy (non-hydrogen) atoms. The number of hydrogen-bond donors (Lipinski definition) is 0. The summed E-state index contributed by atoms with van der Waals surface area (Å²) >= 11 is 6.93. The van der Waals surface area contributed by atoms with E-state index in [2.05, 4.69) is 58.2 Å². The van der Waals surface area contributed by atoms with Crippen molar-refractivity contribution < 1.29 is 23.7 Å². The van der Waals surface area contributed by atoms with E-state index in [1.54, 1.807) is 52.0 Å². The highest BCUT2D eigenvalue weighted by Gasteiger charge is 2.23. The van der Waals surface area contributed by atoms with Crippen molar-refractivity contribution in [1.82, 2.24) is 0 Å². The second-order valence-electron chi connectivity index (χ2n) is 6.78. The van der Waals surface area contributed by atoms with E-state index in [4.69, 9.17) is 23.7 Å². The molecule has 0 bridgehead atoms. The van der Waals surface area contributed by atoms with Crippen LogP contribution in [0.3, 0.4) is 0 Å². The average molecular weight is 552 g/mol. The van der Waals surface area contributed by atoms with Crippen LogP contribution >= 0.6 is 31.9 Å². The van der Waals surface area contributed by atoms with Crippen LogP contribution in [0.1, 0.15) is 27.7 Å². The van der Waals surface area contributed by atoms with Gasteiger partial charge in [0.05, 0.1) is 23.0 Å². The Labute approximate surface area is 199 Å². The maximum absolute atomic E-state index is 6.31. The fourth-order valence-corrected chi connectivity index (χ4v) is 3.28. The molecule has 0 aliphatic heterocycles. The molecule has 0 saturated carbocycles. The van der Waals surface area contributed by atoms with Gasteiger partial charge < -0.3 is 23.7 Å². The number of allylic oxidation sites excluding steroid dienone is 4. The third kappa shape index (κ3) is 7.22. The van der Waals surface area contributed by atoms with Crippen LogP contribution in [-0.4, -0.2) is 0 Å². The number of hydrogen-bond acceptors (Lipinski definition) is 5. The predicted octanol–water partition coefficient (Wildman–Crippen LogP) is 8.65. The molecule has 0 amide bonds. The van der Waals surface area contributed by atoms with Crippen molar-refractivity contribution in [3.8, 4) is 34.5 Å². The van der Waals surface area contributed by atoms with E-state index in [0.29, 0.717) is 46.0 Å². The van der Waals surface area contributed by atoms with E-state index < -0.39 is 0 Å². The molecule has 0 radical (unpaired) electrons. The Hall–Kier alpha value is -2.64. The topological polar surface area (TPSA) is 46.2 Å². The van der Waals surface area contributed by atoms with Crippen molar-refractivity contribution >= 4 is 31.9 Å². The molecule has 0 aliphatic carbocycles. The van der Waals surface area contributed by atoms with Crippen molar-refractivity contribution in [2.24, 2.45) is 0 Å². The summed E-state index contributed by atoms with van der Waals surface area (Å²) in [5.41, 5.74) is 0. The first-order valence-corrected chi connectivity index (χ1v) is 10.7. The van der Waals surface area contributed by atoms with E-state index in [1.807, 2.05) is 0 Å². The molecular formula is C24H24Br2O5. The molecule has 0 N–H and O–H groups in total. The van der Waals surface area contributed by atoms with Gasteiger partial charge in [-0.1, -0.05) is 58.2 Å². The van der Waals surface area contributed by atoms with Crippen LogP contribution in [0.25, 0.3) is 0 Å². The normalized spacial score (nSPS) is 10.1. The van der Waals surface area contributed by atoms with Gasteiger partial charge in [-0.05, 0) is 52.0 Å². The number of ether oxygens (including phenoxy) is 5. The van der Waals surface area contributed by atoms with Gasteiger partial charge in [-0.3, -0.25) is 0 Å². The first-order chi connectivity index (χ1) is 14.5. The van der Waals surface area contributed by atoms with Crippen LogP contribution in [0.4, 0.5) is 0 Å². The summed E-state index contributed by atoms with van der Waals surface area (Å²) < 4.78 is 31.0. The maximum atomic E-state index is 6.31. The fourth-order valence-electron chi connectivity index (χ4n) is 2.45. The summed E-state index contributed by atoms with van der Waals surface area (Å²) in [7, 11) is 0. The maximum Gasteiger partial charge on any atom is 0.212 e. The fraction of sp³-hybridized carbons (Fsp3) is 0.167. The predicted molar refractivity (Wildman–Crippen MR) is 130 cm³/mol. The summed E-state index contributed by atoms with van der Waals surface area (Å²) in [6.45, 7) is 22.2. The van der Waals surface area contributed by atoms with E-state index in [9.17, 15) is 0 Å². The molecule has 0 fully saturated rings. The standard InChI is InChI=1S/C24H24Br2O5/c1-13(2)27-19-9-17(25)10-20(28-14(3)4)23(19)31-24-21(29-15(5)6)11-18(26)12-22(24)30-16(7)8/h9-12H,1,3,5,7H2,2,4,6,8H3. The van der Waals surface area contributed by atoms with Gasteiger partial charge in [0.15, 0.2) is 23.0 Å². The Balaban J connectivity index is 2.75. The zero-order chi connectivity index (χ0) is 23.3. The second-order valence-corrected chi connectivity index (χ2v) is 8.61. The summed E-state index contributed by atoms with van der Waals surface area (Å²) in [5, 5.41) is 0. The Morgan fingerprint density at radius 3 is 0.968 bits per heavy atom. The Bertz CT molecular complexity index is 898. The van der Waals surface area contributed by atoms with Crippen molar-refractivity contribution in [3.05, 3.63) is 82.6 Å². The lowest BCUT2D eigenvalue weighted by atomic mass is 10.2. The molecule has 164 valence electrons. The number of benzene rings is 2. The van der Waals surface area contributed by atoms with Gasteiger partial charge in [-0.15, -0.1) is 0 Å². The van der Waals surface area contributed by atoms with E-state index >= 15 is 0 Å². The molecule has 0 unspecified atom stereocenters. The zero-order valence-corrected chi connectivity index (χ0v) is 21.1. The van der Waals surface area contributed by atoms with Gasteiger partial charge in [0.2, 0.25) is 11.5 Å². The van der Waals surface area contributed by atoms with Gasteiger partial charge >= 0.3 is 0 Å². The first-order valence-electron chi connectivity index (χ1n) is 9.14. The molecule has 0 heterocycles. The van der Waals surface area contributed by atoms with Crippen molar-refractivity contribution in [2.45, 2.75) is 27.7 Å². The lowest BCUT2D eigenvalue weighted by Crippen LogP contribution is -2.02. The summed E-state index contributed by atoms with van der Waals surface area (Å²) in [4.78, 5) is 0. The minimum absolute atomic E-state index is 0.287. The molecule has 0 saturated heterocycles. The Morgan fingerprint density at radius 1 is 0.548 bits per heavy atom. The van der Waals surface area contributed by atoms with Crippen molar-refractivity contribution in [3.63, 3.8) is 0 Å². The quantitative estimate of drug-likeness (QED) is 0.276. The monoisotopic (exact) mass is 550 g/mol. The highest BCUT2D eigenvalue weighted by Crippen LogP contribution is 2.50. The highest BCUT2D eigenvalue weighted by molar-refractivity contribution is 9.10. The van der Waals surface area contributed by atoms with Crippen LogP contribution in [-0.2, 0) is 0 Å². The van der Waals surface area contributed by atoms with E-state index in [0.717, 1.165) is 8.95 Å². The number of halogens is 2. The van der Waals surface area contributed by atoms with Crippen LogP contribution < -0.4 is 23.7 Å². The van der Waals surface area contributed by atoms with Gasteiger partial charge in [-0.25, -0.2) is 0 Å². The van der Waals surface area contributed by atoms with Gasteiger partial charge in [0, 0.05) is 8.95 Å². The van der Waals surface area contributed by atoms with E-state index in [-0.39, 0.29) is 11.5 Å². The van der Waals surface area contributed by atoms with Crippen LogP contribution in [0.5, 0.6) is 34.5 Å². The summed E-state index contributed by atoms with van der Waals surface area (Å²) in [5.74, 6) is 3.96. The molecule has 2 aromatic carbocycles. The average Bonchev–Trinajstić information content (AvgIpc) is 2.57. The van der Waals surface area contributed by atoms with Gasteiger partial charge in [0.1, 0.15) is 0 Å².